The number of carbonyl (C=O) groups excluding carboxylic acids is 1. The van der Waals surface area contributed by atoms with Gasteiger partial charge in [0.15, 0.2) is 5.96 Å². The minimum Gasteiger partial charge on any atom is -0.492 e. The molecule has 0 saturated carbocycles. The van der Waals surface area contributed by atoms with E-state index >= 15 is 0 Å². The molecule has 1 heterocycles. The zero-order valence-corrected chi connectivity index (χ0v) is 15.6. The minimum absolute atomic E-state index is 0.211. The fraction of sp³-hybridized carbons (Fsp3) is 0.333. The maximum Gasteiger partial charge on any atom is 0.227 e. The van der Waals surface area contributed by atoms with Gasteiger partial charge in [0.05, 0.1) is 6.54 Å². The van der Waals surface area contributed by atoms with Crippen molar-refractivity contribution in [3.8, 4) is 5.75 Å². The predicted molar refractivity (Wildman–Crippen MR) is 108 cm³/mol. The first-order chi connectivity index (χ1) is 13.3. The van der Waals surface area contributed by atoms with Crippen molar-refractivity contribution in [2.45, 2.75) is 19.4 Å². The largest absolute Gasteiger partial charge is 0.492 e. The summed E-state index contributed by atoms with van der Waals surface area (Å²) in [4.78, 5) is 17.9. The van der Waals surface area contributed by atoms with Gasteiger partial charge in [0.25, 0.3) is 0 Å². The van der Waals surface area contributed by atoms with Crippen molar-refractivity contribution in [3.05, 3.63) is 60.2 Å². The van der Waals surface area contributed by atoms with Gasteiger partial charge in [-0.25, -0.2) is 0 Å². The maximum absolute atomic E-state index is 11.8. The fourth-order valence-corrected chi connectivity index (χ4v) is 2.98. The standard InChI is InChI=1S/C21H26N4O2/c1-22-21(23-13-15-27-19-6-3-2-4-7-19)24-16-17-9-11-18(12-10-17)25-14-5-8-20(25)26/h2-4,6-7,9-12H,5,8,13-16H2,1H3,(H2,22,23,24). The molecule has 1 fully saturated rings. The Hall–Kier alpha value is -3.02. The van der Waals surface area contributed by atoms with E-state index in [1.54, 1.807) is 7.05 Å². The molecule has 0 atom stereocenters. The molecular formula is C21H26N4O2. The molecule has 2 aromatic rings. The van der Waals surface area contributed by atoms with E-state index in [0.29, 0.717) is 26.1 Å². The average Bonchev–Trinajstić information content (AvgIpc) is 3.14. The SMILES string of the molecule is CN=C(NCCOc1ccccc1)NCc1ccc(N2CCCC2=O)cc1. The number of benzene rings is 2. The van der Waals surface area contributed by atoms with E-state index in [4.69, 9.17) is 4.74 Å². The summed E-state index contributed by atoms with van der Waals surface area (Å²) >= 11 is 0. The van der Waals surface area contributed by atoms with Crippen LogP contribution < -0.4 is 20.3 Å². The van der Waals surface area contributed by atoms with E-state index in [9.17, 15) is 4.79 Å². The van der Waals surface area contributed by atoms with Crippen LogP contribution in [0.4, 0.5) is 5.69 Å². The second kappa shape index (κ2) is 9.62. The van der Waals surface area contributed by atoms with E-state index in [2.05, 4.69) is 15.6 Å². The Bertz CT molecular complexity index is 760. The van der Waals surface area contributed by atoms with Gasteiger partial charge in [0, 0.05) is 32.2 Å². The van der Waals surface area contributed by atoms with E-state index < -0.39 is 0 Å². The van der Waals surface area contributed by atoms with Crippen LogP contribution in [0.5, 0.6) is 5.75 Å². The van der Waals surface area contributed by atoms with Crippen LogP contribution in [0, 0.1) is 0 Å². The van der Waals surface area contributed by atoms with Gasteiger partial charge in [-0.15, -0.1) is 0 Å². The third-order valence-corrected chi connectivity index (χ3v) is 4.41. The van der Waals surface area contributed by atoms with Crippen LogP contribution in [0.15, 0.2) is 59.6 Å². The van der Waals surface area contributed by atoms with Crippen molar-refractivity contribution in [2.24, 2.45) is 4.99 Å². The number of ether oxygens (including phenoxy) is 1. The van der Waals surface area contributed by atoms with E-state index in [1.165, 1.54) is 0 Å². The van der Waals surface area contributed by atoms with Gasteiger partial charge < -0.3 is 20.3 Å². The summed E-state index contributed by atoms with van der Waals surface area (Å²) in [6, 6.07) is 17.8. The normalized spacial score (nSPS) is 14.3. The molecular weight excluding hydrogens is 340 g/mol. The summed E-state index contributed by atoms with van der Waals surface area (Å²) in [5, 5.41) is 6.52. The van der Waals surface area contributed by atoms with Crippen molar-refractivity contribution in [1.29, 1.82) is 0 Å². The van der Waals surface area contributed by atoms with Crippen molar-refractivity contribution in [1.82, 2.24) is 10.6 Å². The molecule has 6 nitrogen and oxygen atoms in total. The van der Waals surface area contributed by atoms with Gasteiger partial charge in [0.2, 0.25) is 5.91 Å². The van der Waals surface area contributed by atoms with Crippen molar-refractivity contribution in [3.63, 3.8) is 0 Å². The molecule has 1 aliphatic rings. The summed E-state index contributed by atoms with van der Waals surface area (Å²) in [5.41, 5.74) is 2.11. The summed E-state index contributed by atoms with van der Waals surface area (Å²) in [6.45, 7) is 2.69. The first-order valence-corrected chi connectivity index (χ1v) is 9.28. The van der Waals surface area contributed by atoms with E-state index in [0.717, 1.165) is 35.9 Å². The van der Waals surface area contributed by atoms with Crippen molar-refractivity contribution >= 4 is 17.6 Å². The number of hydrogen-bond acceptors (Lipinski definition) is 3. The smallest absolute Gasteiger partial charge is 0.227 e. The van der Waals surface area contributed by atoms with Crippen LogP contribution in [0.25, 0.3) is 0 Å². The zero-order chi connectivity index (χ0) is 18.9. The van der Waals surface area contributed by atoms with Crippen molar-refractivity contribution < 1.29 is 9.53 Å². The molecule has 1 aliphatic heterocycles. The Morgan fingerprint density at radius 1 is 1.11 bits per heavy atom. The summed E-state index contributed by atoms with van der Waals surface area (Å²) in [6.07, 6.45) is 1.59. The number of nitrogens with one attached hydrogen (secondary N) is 2. The van der Waals surface area contributed by atoms with Crippen molar-refractivity contribution in [2.75, 3.05) is 31.6 Å². The molecule has 1 saturated heterocycles. The lowest BCUT2D eigenvalue weighted by molar-refractivity contribution is -0.117. The zero-order valence-electron chi connectivity index (χ0n) is 15.6. The highest BCUT2D eigenvalue weighted by Gasteiger charge is 2.21. The molecule has 27 heavy (non-hydrogen) atoms. The predicted octanol–water partition coefficient (Wildman–Crippen LogP) is 2.56. The molecule has 1 amide bonds. The topological polar surface area (TPSA) is 66.0 Å². The highest BCUT2D eigenvalue weighted by molar-refractivity contribution is 5.95. The van der Waals surface area contributed by atoms with Crippen LogP contribution in [-0.4, -0.2) is 38.6 Å². The molecule has 0 aliphatic carbocycles. The molecule has 2 N–H and O–H groups in total. The minimum atomic E-state index is 0.211. The summed E-state index contributed by atoms with van der Waals surface area (Å²) in [5.74, 6) is 1.80. The molecule has 0 bridgehead atoms. The number of para-hydroxylation sites is 1. The lowest BCUT2D eigenvalue weighted by Crippen LogP contribution is -2.38. The number of guanidine groups is 1. The number of hydrogen-bond donors (Lipinski definition) is 2. The maximum atomic E-state index is 11.8. The van der Waals surface area contributed by atoms with Gasteiger partial charge in [-0.05, 0) is 36.2 Å². The molecule has 0 spiro atoms. The first kappa shape index (κ1) is 18.8. The van der Waals surface area contributed by atoms with Gasteiger partial charge in [-0.2, -0.15) is 0 Å². The van der Waals surface area contributed by atoms with Crippen LogP contribution in [0.1, 0.15) is 18.4 Å². The molecule has 3 rings (SSSR count). The van der Waals surface area contributed by atoms with Gasteiger partial charge in [-0.1, -0.05) is 30.3 Å². The number of aliphatic imine (C=N–C) groups is 1. The number of carbonyl (C=O) groups is 1. The second-order valence-electron chi connectivity index (χ2n) is 6.33. The molecule has 0 aromatic heterocycles. The number of anilines is 1. The highest BCUT2D eigenvalue weighted by atomic mass is 16.5. The Morgan fingerprint density at radius 2 is 1.89 bits per heavy atom. The Kier molecular flexibility index (Phi) is 6.68. The van der Waals surface area contributed by atoms with E-state index in [-0.39, 0.29) is 5.91 Å². The third kappa shape index (κ3) is 5.48. The summed E-state index contributed by atoms with van der Waals surface area (Å²) in [7, 11) is 1.75. The second-order valence-corrected chi connectivity index (χ2v) is 6.33. The number of amides is 1. The van der Waals surface area contributed by atoms with Crippen LogP contribution in [0.2, 0.25) is 0 Å². The third-order valence-electron chi connectivity index (χ3n) is 4.41. The Labute approximate surface area is 160 Å². The highest BCUT2D eigenvalue weighted by Crippen LogP contribution is 2.21. The van der Waals surface area contributed by atoms with E-state index in [1.807, 2.05) is 59.5 Å². The molecule has 142 valence electrons. The van der Waals surface area contributed by atoms with Gasteiger partial charge in [0.1, 0.15) is 12.4 Å². The molecule has 0 unspecified atom stereocenters. The van der Waals surface area contributed by atoms with Crippen LogP contribution in [0.3, 0.4) is 0 Å². The van der Waals surface area contributed by atoms with Crippen LogP contribution >= 0.6 is 0 Å². The molecule has 6 heteroatoms. The Balaban J connectivity index is 1.40. The number of nitrogens with zero attached hydrogens (tertiary/aromatic N) is 2. The molecule has 2 aromatic carbocycles. The summed E-state index contributed by atoms with van der Waals surface area (Å²) < 4.78 is 5.66. The fourth-order valence-electron chi connectivity index (χ4n) is 2.98. The molecule has 0 radical (unpaired) electrons. The number of rotatable bonds is 7. The Morgan fingerprint density at radius 3 is 2.56 bits per heavy atom. The first-order valence-electron chi connectivity index (χ1n) is 9.28. The quantitative estimate of drug-likeness (QED) is 0.449. The lowest BCUT2D eigenvalue weighted by Gasteiger charge is -2.16. The average molecular weight is 366 g/mol. The monoisotopic (exact) mass is 366 g/mol. The van der Waals surface area contributed by atoms with Gasteiger partial charge in [-0.3, -0.25) is 9.79 Å². The lowest BCUT2D eigenvalue weighted by atomic mass is 10.2. The van der Waals surface area contributed by atoms with Gasteiger partial charge >= 0.3 is 0 Å². The van der Waals surface area contributed by atoms with Crippen LogP contribution in [-0.2, 0) is 11.3 Å².